The number of thioether (sulfide) groups is 1. The number of benzene rings is 1. The predicted molar refractivity (Wildman–Crippen MR) is 77.9 cm³/mol. The number of rotatable bonds is 4. The molecule has 4 heteroatoms. The first-order valence-electron chi connectivity index (χ1n) is 5.90. The Bertz CT molecular complexity index is 380. The van der Waals surface area contributed by atoms with Crippen molar-refractivity contribution in [3.8, 4) is 5.75 Å². The van der Waals surface area contributed by atoms with E-state index in [1.807, 2.05) is 17.8 Å². The van der Waals surface area contributed by atoms with Gasteiger partial charge < -0.3 is 10.5 Å². The van der Waals surface area contributed by atoms with Crippen molar-refractivity contribution in [1.29, 1.82) is 0 Å². The standard InChI is InChI=1S/C13H18BrNOS/c1-16-12-5-4-9(7-10(12)14)8-11(15)13-3-2-6-17-13/h4-5,7,11,13H,2-3,6,8,15H2,1H3. The molecule has 1 aliphatic rings. The van der Waals surface area contributed by atoms with E-state index >= 15 is 0 Å². The summed E-state index contributed by atoms with van der Waals surface area (Å²) in [6, 6.07) is 6.47. The highest BCUT2D eigenvalue weighted by atomic mass is 79.9. The maximum atomic E-state index is 6.26. The molecule has 1 heterocycles. The van der Waals surface area contributed by atoms with E-state index in [1.165, 1.54) is 24.2 Å². The van der Waals surface area contributed by atoms with Crippen LogP contribution in [0.5, 0.6) is 5.75 Å². The van der Waals surface area contributed by atoms with Gasteiger partial charge in [-0.2, -0.15) is 11.8 Å². The lowest BCUT2D eigenvalue weighted by atomic mass is 10.0. The lowest BCUT2D eigenvalue weighted by Crippen LogP contribution is -2.33. The largest absolute Gasteiger partial charge is 0.496 e. The normalized spacial score (nSPS) is 21.5. The number of nitrogens with two attached hydrogens (primary N) is 1. The highest BCUT2D eigenvalue weighted by Gasteiger charge is 2.22. The maximum Gasteiger partial charge on any atom is 0.133 e. The SMILES string of the molecule is COc1ccc(CC(N)C2CCCS2)cc1Br. The fraction of sp³-hybridized carbons (Fsp3) is 0.538. The van der Waals surface area contributed by atoms with Gasteiger partial charge in [0.1, 0.15) is 5.75 Å². The number of methoxy groups -OCH3 is 1. The summed E-state index contributed by atoms with van der Waals surface area (Å²) in [5.41, 5.74) is 7.54. The Kier molecular flexibility index (Phi) is 4.77. The van der Waals surface area contributed by atoms with Crippen LogP contribution in [-0.4, -0.2) is 24.2 Å². The molecule has 2 rings (SSSR count). The van der Waals surface area contributed by atoms with Crippen molar-refractivity contribution in [1.82, 2.24) is 0 Å². The molecule has 2 unspecified atom stereocenters. The van der Waals surface area contributed by atoms with Gasteiger partial charge in [0, 0.05) is 11.3 Å². The van der Waals surface area contributed by atoms with Gasteiger partial charge in [-0.25, -0.2) is 0 Å². The van der Waals surface area contributed by atoms with Gasteiger partial charge in [-0.05, 0) is 58.6 Å². The number of hydrogen-bond donors (Lipinski definition) is 1. The molecule has 17 heavy (non-hydrogen) atoms. The van der Waals surface area contributed by atoms with Crippen molar-refractivity contribution >= 4 is 27.7 Å². The molecule has 0 amide bonds. The molecule has 2 nitrogen and oxygen atoms in total. The molecule has 0 radical (unpaired) electrons. The van der Waals surface area contributed by atoms with Gasteiger partial charge in [0.15, 0.2) is 0 Å². The summed E-state index contributed by atoms with van der Waals surface area (Å²) in [6.45, 7) is 0. The monoisotopic (exact) mass is 315 g/mol. The highest BCUT2D eigenvalue weighted by Crippen LogP contribution is 2.30. The van der Waals surface area contributed by atoms with Crippen LogP contribution in [0.25, 0.3) is 0 Å². The summed E-state index contributed by atoms with van der Waals surface area (Å²) in [6.07, 6.45) is 3.53. The van der Waals surface area contributed by atoms with E-state index in [9.17, 15) is 0 Å². The van der Waals surface area contributed by atoms with Gasteiger partial charge in [-0.1, -0.05) is 6.07 Å². The molecule has 0 aromatic heterocycles. The van der Waals surface area contributed by atoms with Crippen LogP contribution in [-0.2, 0) is 6.42 Å². The summed E-state index contributed by atoms with van der Waals surface area (Å²) in [5, 5.41) is 0.635. The van der Waals surface area contributed by atoms with E-state index in [2.05, 4.69) is 28.1 Å². The molecule has 0 aliphatic carbocycles. The van der Waals surface area contributed by atoms with Crippen LogP contribution < -0.4 is 10.5 Å². The van der Waals surface area contributed by atoms with Crippen LogP contribution in [0.2, 0.25) is 0 Å². The second-order valence-electron chi connectivity index (χ2n) is 4.39. The zero-order valence-corrected chi connectivity index (χ0v) is 12.4. The molecule has 0 bridgehead atoms. The van der Waals surface area contributed by atoms with E-state index in [-0.39, 0.29) is 6.04 Å². The molecular weight excluding hydrogens is 298 g/mol. The van der Waals surface area contributed by atoms with Crippen molar-refractivity contribution in [3.63, 3.8) is 0 Å². The molecule has 1 aliphatic heterocycles. The van der Waals surface area contributed by atoms with Crippen molar-refractivity contribution in [2.45, 2.75) is 30.6 Å². The Morgan fingerprint density at radius 2 is 2.41 bits per heavy atom. The van der Waals surface area contributed by atoms with Gasteiger partial charge in [0.05, 0.1) is 11.6 Å². The van der Waals surface area contributed by atoms with E-state index in [1.54, 1.807) is 7.11 Å². The number of ether oxygens (including phenoxy) is 1. The second-order valence-corrected chi connectivity index (χ2v) is 6.59. The number of hydrogen-bond acceptors (Lipinski definition) is 3. The van der Waals surface area contributed by atoms with Crippen molar-refractivity contribution < 1.29 is 4.74 Å². The molecule has 2 atom stereocenters. The van der Waals surface area contributed by atoms with E-state index in [0.717, 1.165) is 16.6 Å². The van der Waals surface area contributed by atoms with Crippen LogP contribution in [0.1, 0.15) is 18.4 Å². The smallest absolute Gasteiger partial charge is 0.133 e. The maximum absolute atomic E-state index is 6.26. The molecule has 2 N–H and O–H groups in total. The van der Waals surface area contributed by atoms with Crippen LogP contribution in [0.15, 0.2) is 22.7 Å². The van der Waals surface area contributed by atoms with Crippen molar-refractivity contribution in [2.24, 2.45) is 5.73 Å². The fourth-order valence-electron chi connectivity index (χ4n) is 2.18. The first-order chi connectivity index (χ1) is 8.20. The minimum Gasteiger partial charge on any atom is -0.496 e. The Hall–Kier alpha value is -0.190. The van der Waals surface area contributed by atoms with Crippen molar-refractivity contribution in [3.05, 3.63) is 28.2 Å². The molecule has 1 aromatic carbocycles. The van der Waals surface area contributed by atoms with Crippen LogP contribution >= 0.6 is 27.7 Å². The van der Waals surface area contributed by atoms with Gasteiger partial charge >= 0.3 is 0 Å². The molecular formula is C13H18BrNOS. The van der Waals surface area contributed by atoms with Gasteiger partial charge in [0.25, 0.3) is 0 Å². The molecule has 94 valence electrons. The molecule has 0 spiro atoms. The Morgan fingerprint density at radius 3 is 3.00 bits per heavy atom. The van der Waals surface area contributed by atoms with E-state index in [4.69, 9.17) is 10.5 Å². The third-order valence-corrected chi connectivity index (χ3v) is 5.29. The highest BCUT2D eigenvalue weighted by molar-refractivity contribution is 9.10. The number of halogens is 1. The van der Waals surface area contributed by atoms with Crippen LogP contribution in [0, 0.1) is 0 Å². The summed E-state index contributed by atoms with van der Waals surface area (Å²) in [4.78, 5) is 0. The van der Waals surface area contributed by atoms with E-state index in [0.29, 0.717) is 5.25 Å². The first-order valence-corrected chi connectivity index (χ1v) is 7.74. The van der Waals surface area contributed by atoms with E-state index < -0.39 is 0 Å². The third kappa shape index (κ3) is 3.39. The fourth-order valence-corrected chi connectivity index (χ4v) is 4.08. The molecule has 1 fully saturated rings. The predicted octanol–water partition coefficient (Wildman–Crippen LogP) is 3.22. The first kappa shape index (κ1) is 13.2. The van der Waals surface area contributed by atoms with Gasteiger partial charge in [-0.15, -0.1) is 0 Å². The van der Waals surface area contributed by atoms with Crippen molar-refractivity contribution in [2.75, 3.05) is 12.9 Å². The minimum atomic E-state index is 0.266. The Balaban J connectivity index is 2.00. The summed E-state index contributed by atoms with van der Waals surface area (Å²) in [5.74, 6) is 2.14. The zero-order valence-electron chi connectivity index (χ0n) is 9.99. The average molecular weight is 316 g/mol. The quantitative estimate of drug-likeness (QED) is 0.926. The van der Waals surface area contributed by atoms with Gasteiger partial charge in [-0.3, -0.25) is 0 Å². The van der Waals surface area contributed by atoms with Crippen LogP contribution in [0.3, 0.4) is 0 Å². The lowest BCUT2D eigenvalue weighted by molar-refractivity contribution is 0.412. The molecule has 0 saturated carbocycles. The summed E-state index contributed by atoms with van der Waals surface area (Å²) >= 11 is 5.53. The average Bonchev–Trinajstić information content (AvgIpc) is 2.82. The summed E-state index contributed by atoms with van der Waals surface area (Å²) < 4.78 is 6.23. The van der Waals surface area contributed by atoms with Crippen LogP contribution in [0.4, 0.5) is 0 Å². The Morgan fingerprint density at radius 1 is 1.59 bits per heavy atom. The van der Waals surface area contributed by atoms with Gasteiger partial charge in [0.2, 0.25) is 0 Å². The third-order valence-electron chi connectivity index (χ3n) is 3.13. The second kappa shape index (κ2) is 6.12. The zero-order chi connectivity index (χ0) is 12.3. The minimum absolute atomic E-state index is 0.266. The molecule has 1 aromatic rings. The lowest BCUT2D eigenvalue weighted by Gasteiger charge is -2.18. The molecule has 1 saturated heterocycles. The topological polar surface area (TPSA) is 35.2 Å². The summed E-state index contributed by atoms with van der Waals surface area (Å²) in [7, 11) is 1.68. The Labute approximate surface area is 115 Å².